The van der Waals surface area contributed by atoms with E-state index in [4.69, 9.17) is 25.7 Å². The molecule has 1 aliphatic heterocycles. The summed E-state index contributed by atoms with van der Waals surface area (Å²) in [6.45, 7) is 5.18. The molecule has 1 aliphatic rings. The highest BCUT2D eigenvalue weighted by Gasteiger charge is 2.31. The molecule has 0 saturated carbocycles. The third-order valence-corrected chi connectivity index (χ3v) is 8.87. The molecule has 3 atom stereocenters. The van der Waals surface area contributed by atoms with E-state index in [0.717, 1.165) is 68.4 Å². The third kappa shape index (κ3) is 12.1. The van der Waals surface area contributed by atoms with E-state index in [-0.39, 0.29) is 54.9 Å². The van der Waals surface area contributed by atoms with Crippen LogP contribution in [0, 0.1) is 0 Å². The molecule has 49 heavy (non-hydrogen) atoms. The van der Waals surface area contributed by atoms with Gasteiger partial charge in [-0.1, -0.05) is 30.3 Å². The zero-order chi connectivity index (χ0) is 34.5. The number of unbranched alkanes of at least 4 members (excludes halogenated alkanes) is 1. The van der Waals surface area contributed by atoms with Crippen LogP contribution in [0.3, 0.4) is 0 Å². The van der Waals surface area contributed by atoms with E-state index in [9.17, 15) is 19.2 Å². The second-order valence-electron chi connectivity index (χ2n) is 12.6. The second kappa shape index (κ2) is 20.2. The number of carbonyl (C=O) groups is 3. The van der Waals surface area contributed by atoms with Gasteiger partial charge in [-0.2, -0.15) is 0 Å². The lowest BCUT2D eigenvalue weighted by molar-refractivity contribution is -0.135. The van der Waals surface area contributed by atoms with Crippen molar-refractivity contribution in [3.05, 3.63) is 69.6 Å². The van der Waals surface area contributed by atoms with Gasteiger partial charge in [0, 0.05) is 52.4 Å². The van der Waals surface area contributed by atoms with E-state index in [0.29, 0.717) is 38.2 Å². The molecule has 2 heterocycles. The molecule has 1 unspecified atom stereocenters. The molecule has 1 saturated heterocycles. The summed E-state index contributed by atoms with van der Waals surface area (Å²) in [7, 11) is 1.71. The second-order valence-corrected chi connectivity index (χ2v) is 12.6. The van der Waals surface area contributed by atoms with Crippen LogP contribution in [-0.4, -0.2) is 65.4 Å². The van der Waals surface area contributed by atoms with Gasteiger partial charge in [0.15, 0.2) is 0 Å². The van der Waals surface area contributed by atoms with E-state index in [2.05, 4.69) is 29.6 Å². The van der Waals surface area contributed by atoms with Crippen molar-refractivity contribution in [2.75, 3.05) is 26.4 Å². The summed E-state index contributed by atoms with van der Waals surface area (Å²) in [5.74, 6) is -1.07. The first kappa shape index (κ1) is 39.9. The van der Waals surface area contributed by atoms with Crippen LogP contribution in [0.4, 0.5) is 0 Å². The Labute approximate surface area is 294 Å². The summed E-state index contributed by atoms with van der Waals surface area (Å²) in [4.78, 5) is 47.8. The van der Waals surface area contributed by atoms with Gasteiger partial charge in [-0.05, 0) is 87.1 Å². The number of aryl methyl sites for hydroxylation is 3. The third-order valence-electron chi connectivity index (χ3n) is 8.87. The Kier molecular flexibility index (Phi) is 16.4. The Morgan fingerprint density at radius 1 is 0.898 bits per heavy atom. The molecule has 3 amide bonds. The van der Waals surface area contributed by atoms with Crippen molar-refractivity contribution in [3.8, 4) is 0 Å². The number of halogens is 1. The molecular weight excluding hydrogens is 650 g/mol. The van der Waals surface area contributed by atoms with Crippen LogP contribution < -0.4 is 22.5 Å². The fraction of sp³-hybridized carbons (Fsp3) is 0.556. The monoisotopic (exact) mass is 701 g/mol. The van der Waals surface area contributed by atoms with E-state index < -0.39 is 11.9 Å². The van der Waals surface area contributed by atoms with Gasteiger partial charge in [0.25, 0.3) is 0 Å². The highest BCUT2D eigenvalue weighted by Crippen LogP contribution is 2.24. The minimum atomic E-state index is -0.678. The minimum Gasteiger partial charge on any atom is -0.381 e. The number of ether oxygens (including phenoxy) is 3. The number of primary amides is 1. The molecule has 3 aromatic rings. The van der Waals surface area contributed by atoms with Gasteiger partial charge < -0.3 is 25.7 Å². The van der Waals surface area contributed by atoms with Crippen LogP contribution in [0.15, 0.2) is 47.3 Å². The molecule has 0 spiro atoms. The largest absolute Gasteiger partial charge is 0.381 e. The van der Waals surface area contributed by atoms with Crippen molar-refractivity contribution in [2.24, 2.45) is 18.5 Å². The van der Waals surface area contributed by atoms with Crippen LogP contribution in [0.2, 0.25) is 0 Å². The number of piperidine rings is 1. The van der Waals surface area contributed by atoms with Crippen molar-refractivity contribution in [1.82, 2.24) is 14.5 Å². The lowest BCUT2D eigenvalue weighted by atomic mass is 10.1. The Balaban J connectivity index is 0.00000650. The highest BCUT2D eigenvalue weighted by atomic mass is 35.5. The Morgan fingerprint density at radius 3 is 2.12 bits per heavy atom. The molecule has 0 aliphatic carbocycles. The number of hydrogen-bond donors (Lipinski definition) is 3. The van der Waals surface area contributed by atoms with Crippen molar-refractivity contribution in [1.29, 1.82) is 0 Å². The van der Waals surface area contributed by atoms with Crippen molar-refractivity contribution < 1.29 is 28.6 Å². The molecular formula is C36H52ClN5O7. The summed E-state index contributed by atoms with van der Waals surface area (Å²) >= 11 is 0. The number of nitrogens with two attached hydrogens (primary N) is 2. The standard InChI is InChI=1S/C36H51N5O7.ClH/c1-25(29(37)14-17-33(38)42)48-24-28-11-9-26(10-12-28)7-5-21-46-19-3-4-20-47-22-6-8-27-13-15-30-32(23-27)40(2)36(45)41(30)31-16-18-34(43)39-35(31)44;/h9-13,15,23,25,29,31H,3-8,14,16-22,24,37H2,1-2H3,(H2,38,42)(H,39,43,44);1H/t25-,29+,31?;/m1./s1. The van der Waals surface area contributed by atoms with Crippen molar-refractivity contribution in [2.45, 2.75) is 95.9 Å². The van der Waals surface area contributed by atoms with E-state index in [1.807, 2.05) is 25.1 Å². The molecule has 1 aromatic heterocycles. The van der Waals surface area contributed by atoms with Crippen LogP contribution >= 0.6 is 12.4 Å². The number of amides is 3. The van der Waals surface area contributed by atoms with Gasteiger partial charge in [-0.15, -0.1) is 12.4 Å². The number of fused-ring (bicyclic) bond motifs is 1. The number of nitrogens with one attached hydrogen (secondary N) is 1. The number of imidazole rings is 1. The first-order valence-corrected chi connectivity index (χ1v) is 17.1. The van der Waals surface area contributed by atoms with Gasteiger partial charge in [0.2, 0.25) is 17.7 Å². The number of rotatable bonds is 21. The SMILES string of the molecule is C[C@@H](OCc1ccc(CCCOCCCCOCCCc2ccc3c(c2)n(C)c(=O)n3C2CCC(=O)NC2=O)cc1)[C@@H](N)CCC(N)=O.Cl. The molecule has 270 valence electrons. The number of benzene rings is 2. The van der Waals surface area contributed by atoms with Crippen molar-refractivity contribution in [3.63, 3.8) is 0 Å². The lowest BCUT2D eigenvalue weighted by Gasteiger charge is -2.21. The van der Waals surface area contributed by atoms with Gasteiger partial charge in [-0.3, -0.25) is 28.8 Å². The Bertz CT molecular complexity index is 1570. The summed E-state index contributed by atoms with van der Waals surface area (Å²) < 4.78 is 20.6. The smallest absolute Gasteiger partial charge is 0.329 e. The summed E-state index contributed by atoms with van der Waals surface area (Å²) in [6.07, 6.45) is 6.67. The van der Waals surface area contributed by atoms with Crippen molar-refractivity contribution >= 4 is 41.2 Å². The Morgan fingerprint density at radius 2 is 1.49 bits per heavy atom. The first-order valence-electron chi connectivity index (χ1n) is 17.1. The van der Waals surface area contributed by atoms with Crippen LogP contribution in [0.25, 0.3) is 11.0 Å². The molecule has 12 nitrogen and oxygen atoms in total. The van der Waals surface area contributed by atoms with Gasteiger partial charge in [0.05, 0.1) is 23.7 Å². The van der Waals surface area contributed by atoms with E-state index >= 15 is 0 Å². The van der Waals surface area contributed by atoms with Gasteiger partial charge in [0.1, 0.15) is 6.04 Å². The van der Waals surface area contributed by atoms with E-state index in [1.54, 1.807) is 11.6 Å². The summed E-state index contributed by atoms with van der Waals surface area (Å²) in [5, 5.41) is 2.34. The number of aromatic nitrogens is 2. The van der Waals surface area contributed by atoms with Gasteiger partial charge in [-0.25, -0.2) is 4.79 Å². The minimum absolute atomic E-state index is 0. The van der Waals surface area contributed by atoms with Crippen LogP contribution in [-0.2, 0) is 55.1 Å². The highest BCUT2D eigenvalue weighted by molar-refractivity contribution is 6.00. The zero-order valence-electron chi connectivity index (χ0n) is 28.7. The molecule has 4 rings (SSSR count). The lowest BCUT2D eigenvalue weighted by Crippen LogP contribution is -2.44. The maximum atomic E-state index is 12.9. The topological polar surface area (TPSA) is 170 Å². The van der Waals surface area contributed by atoms with E-state index in [1.165, 1.54) is 10.1 Å². The molecule has 5 N–H and O–H groups in total. The predicted molar refractivity (Wildman–Crippen MR) is 190 cm³/mol. The van der Waals surface area contributed by atoms with Crippen LogP contribution in [0.1, 0.15) is 81.0 Å². The average molecular weight is 702 g/mol. The molecule has 1 fully saturated rings. The number of nitrogens with zero attached hydrogens (tertiary/aromatic N) is 2. The number of hydrogen-bond acceptors (Lipinski definition) is 8. The molecule has 2 aromatic carbocycles. The summed E-state index contributed by atoms with van der Waals surface area (Å²) in [5.41, 5.74) is 15.9. The first-order chi connectivity index (χ1) is 23.1. The van der Waals surface area contributed by atoms with Crippen LogP contribution in [0.5, 0.6) is 0 Å². The maximum absolute atomic E-state index is 12.9. The number of imide groups is 1. The molecule has 13 heteroatoms. The maximum Gasteiger partial charge on any atom is 0.329 e. The Hall–Kier alpha value is -3.55. The quantitative estimate of drug-likeness (QED) is 0.112. The summed E-state index contributed by atoms with van der Waals surface area (Å²) in [6, 6.07) is 13.4. The molecule has 0 bridgehead atoms. The average Bonchev–Trinajstić information content (AvgIpc) is 3.31. The number of carbonyl (C=O) groups excluding carboxylic acids is 3. The fourth-order valence-electron chi connectivity index (χ4n) is 5.86. The normalized spacial score (nSPS) is 15.9. The molecule has 0 radical (unpaired) electrons. The van der Waals surface area contributed by atoms with Gasteiger partial charge >= 0.3 is 5.69 Å². The fourth-order valence-corrected chi connectivity index (χ4v) is 5.86. The zero-order valence-corrected chi connectivity index (χ0v) is 29.5. The predicted octanol–water partition coefficient (Wildman–Crippen LogP) is 3.62.